The average Bonchev–Trinajstić information content (AvgIpc) is 3.23. The molecule has 190 valence electrons. The van der Waals surface area contributed by atoms with E-state index in [0.717, 1.165) is 44.2 Å². The highest BCUT2D eigenvalue weighted by Crippen LogP contribution is 2.32. The van der Waals surface area contributed by atoms with Crippen molar-refractivity contribution >= 4 is 28.7 Å². The summed E-state index contributed by atoms with van der Waals surface area (Å²) in [4.78, 5) is 28.3. The number of amides is 1. The number of aliphatic hydroxyl groups is 1. The molecule has 0 unspecified atom stereocenters. The number of nitrogens with zero attached hydrogens (tertiary/aromatic N) is 2. The lowest BCUT2D eigenvalue weighted by molar-refractivity contribution is -0.120. The Morgan fingerprint density at radius 2 is 1.89 bits per heavy atom. The maximum absolute atomic E-state index is 12.4. The van der Waals surface area contributed by atoms with Crippen LogP contribution < -0.4 is 15.0 Å². The second kappa shape index (κ2) is 11.5. The first kappa shape index (κ1) is 26.4. The molecule has 0 bridgehead atoms. The number of methoxy groups -OCH3 is 1. The molecule has 0 spiro atoms. The topological polar surface area (TPSA) is 102 Å². The van der Waals surface area contributed by atoms with Crippen molar-refractivity contribution in [3.63, 3.8) is 0 Å². The van der Waals surface area contributed by atoms with E-state index in [9.17, 15) is 27.9 Å². The van der Waals surface area contributed by atoms with Gasteiger partial charge < -0.3 is 25.2 Å². The van der Waals surface area contributed by atoms with E-state index < -0.39 is 34.3 Å². The first-order chi connectivity index (χ1) is 16.6. The van der Waals surface area contributed by atoms with E-state index >= 15 is 0 Å². The summed E-state index contributed by atoms with van der Waals surface area (Å²) in [5.41, 5.74) is 0.850. The number of rotatable bonds is 9. The van der Waals surface area contributed by atoms with Crippen molar-refractivity contribution in [3.8, 4) is 11.5 Å². The number of allylic oxidation sites excluding steroid dienone is 2. The van der Waals surface area contributed by atoms with Crippen LogP contribution in [0.25, 0.3) is 0 Å². The number of hydrogen-bond donors (Lipinski definition) is 3. The fourth-order valence-corrected chi connectivity index (χ4v) is 4.51. The minimum atomic E-state index is -5.08. The highest BCUT2D eigenvalue weighted by Gasteiger charge is 2.35. The summed E-state index contributed by atoms with van der Waals surface area (Å²) < 4.78 is 42.6. The first-order valence-electron chi connectivity index (χ1n) is 10.8. The molecule has 0 atom stereocenters. The van der Waals surface area contributed by atoms with Crippen LogP contribution >= 0.6 is 11.3 Å². The van der Waals surface area contributed by atoms with Gasteiger partial charge in [0, 0.05) is 44.2 Å². The number of piperazine rings is 1. The Morgan fingerprint density at radius 1 is 1.20 bits per heavy atom. The van der Waals surface area contributed by atoms with Crippen molar-refractivity contribution < 1.29 is 37.7 Å². The molecular formula is C23H26F3N3O5S. The molecule has 35 heavy (non-hydrogen) atoms. The molecule has 0 saturated carbocycles. The van der Waals surface area contributed by atoms with E-state index in [1.54, 1.807) is 7.11 Å². The maximum atomic E-state index is 12.4. The van der Waals surface area contributed by atoms with Gasteiger partial charge in [-0.3, -0.25) is 14.5 Å². The Balaban J connectivity index is 1.44. The molecule has 1 aliphatic rings. The van der Waals surface area contributed by atoms with Gasteiger partial charge in [-0.2, -0.15) is 13.2 Å². The summed E-state index contributed by atoms with van der Waals surface area (Å²) in [7, 11) is 1.65. The normalized spacial score (nSPS) is 15.2. The number of thiophene rings is 1. The number of aliphatic hydroxyl groups excluding tert-OH is 1. The number of halogens is 3. The summed E-state index contributed by atoms with van der Waals surface area (Å²) in [6, 6.07) is 7.85. The van der Waals surface area contributed by atoms with Crippen LogP contribution in [0.1, 0.15) is 26.5 Å². The number of anilines is 1. The lowest BCUT2D eigenvalue weighted by Crippen LogP contribution is -2.47. The third kappa shape index (κ3) is 6.67. The van der Waals surface area contributed by atoms with Crippen molar-refractivity contribution in [3.05, 3.63) is 51.9 Å². The number of ketones is 1. The average molecular weight is 514 g/mol. The van der Waals surface area contributed by atoms with Crippen LogP contribution in [0.3, 0.4) is 0 Å². The molecule has 1 amide bonds. The monoisotopic (exact) mass is 513 g/mol. The Bertz CT molecular complexity index is 1080. The fourth-order valence-electron chi connectivity index (χ4n) is 3.66. The molecular weight excluding hydrogens is 487 g/mol. The van der Waals surface area contributed by atoms with Gasteiger partial charge in [0.1, 0.15) is 16.4 Å². The Morgan fingerprint density at radius 3 is 2.54 bits per heavy atom. The molecule has 1 fully saturated rings. The molecule has 0 radical (unpaired) electrons. The van der Waals surface area contributed by atoms with Crippen molar-refractivity contribution in [2.75, 3.05) is 51.3 Å². The number of ether oxygens (including phenoxy) is 1. The van der Waals surface area contributed by atoms with Gasteiger partial charge in [0.05, 0.1) is 18.4 Å². The number of hydrogen-bond acceptors (Lipinski definition) is 8. The molecule has 1 saturated heterocycles. The second-order valence-corrected chi connectivity index (χ2v) is 8.71. The highest BCUT2D eigenvalue weighted by atomic mass is 32.1. The van der Waals surface area contributed by atoms with E-state index in [4.69, 9.17) is 9.84 Å². The number of carbonyl (C=O) groups excluding carboxylic acids is 2. The van der Waals surface area contributed by atoms with E-state index in [2.05, 4.69) is 15.1 Å². The van der Waals surface area contributed by atoms with E-state index in [0.29, 0.717) is 24.3 Å². The van der Waals surface area contributed by atoms with Crippen LogP contribution in [-0.4, -0.2) is 79.4 Å². The minimum absolute atomic E-state index is 0.0269. The van der Waals surface area contributed by atoms with Gasteiger partial charge in [0.2, 0.25) is 11.5 Å². The van der Waals surface area contributed by atoms with Gasteiger partial charge in [0.15, 0.2) is 0 Å². The van der Waals surface area contributed by atoms with Crippen molar-refractivity contribution in [1.82, 2.24) is 10.2 Å². The zero-order valence-electron chi connectivity index (χ0n) is 19.0. The van der Waals surface area contributed by atoms with E-state index in [1.165, 1.54) is 5.38 Å². The molecule has 1 aromatic heterocycles. The number of aromatic hydroxyl groups is 1. The number of benzene rings is 1. The van der Waals surface area contributed by atoms with Gasteiger partial charge in [0.25, 0.3) is 5.91 Å². The molecule has 3 rings (SSSR count). The molecule has 1 aromatic carbocycles. The zero-order chi connectivity index (χ0) is 25.6. The van der Waals surface area contributed by atoms with Gasteiger partial charge in [-0.15, -0.1) is 11.3 Å². The van der Waals surface area contributed by atoms with Gasteiger partial charge in [-0.05, 0) is 25.1 Å². The van der Waals surface area contributed by atoms with Crippen molar-refractivity contribution in [2.24, 2.45) is 0 Å². The maximum Gasteiger partial charge on any atom is 0.448 e. The SMILES string of the molecule is COc1ccccc1N1CCN(CCCNC(=O)c2csc(C(=O)/C=C(\O)C(F)(F)F)c2O)CC1. The molecule has 1 aliphatic heterocycles. The number of alkyl halides is 3. The molecule has 3 N–H and O–H groups in total. The summed E-state index contributed by atoms with van der Waals surface area (Å²) >= 11 is 0.623. The Labute approximate surface area is 204 Å². The van der Waals surface area contributed by atoms with Gasteiger partial charge in [-0.25, -0.2) is 0 Å². The van der Waals surface area contributed by atoms with E-state index in [1.807, 2.05) is 24.3 Å². The standard InChI is InChI=1S/C23H26F3N3O5S/c1-34-18-6-3-2-5-16(18)29-11-9-28(10-12-29)8-4-7-27-22(33)15-14-35-21(20(15)32)17(30)13-19(31)23(24,25)26/h2-3,5-6,13-14,31-32H,4,7-12H2,1H3,(H,27,33)/b19-13-. The largest absolute Gasteiger partial charge is 0.505 e. The minimum Gasteiger partial charge on any atom is -0.505 e. The van der Waals surface area contributed by atoms with Gasteiger partial charge >= 0.3 is 6.18 Å². The predicted molar refractivity (Wildman–Crippen MR) is 126 cm³/mol. The summed E-state index contributed by atoms with van der Waals surface area (Å²) in [5.74, 6) is -3.84. The van der Waals surface area contributed by atoms with Crippen LogP contribution in [-0.2, 0) is 0 Å². The zero-order valence-corrected chi connectivity index (χ0v) is 19.8. The Hall–Kier alpha value is -3.25. The molecule has 2 heterocycles. The molecule has 2 aromatic rings. The molecule has 8 nitrogen and oxygen atoms in total. The molecule has 0 aliphatic carbocycles. The number of carbonyl (C=O) groups is 2. The highest BCUT2D eigenvalue weighted by molar-refractivity contribution is 7.13. The van der Waals surface area contributed by atoms with Crippen LogP contribution in [0.5, 0.6) is 11.5 Å². The lowest BCUT2D eigenvalue weighted by atomic mass is 10.2. The van der Waals surface area contributed by atoms with E-state index in [-0.39, 0.29) is 11.6 Å². The van der Waals surface area contributed by atoms with Crippen LogP contribution in [0.2, 0.25) is 0 Å². The molecule has 12 heteroatoms. The van der Waals surface area contributed by atoms with Crippen molar-refractivity contribution in [2.45, 2.75) is 12.6 Å². The van der Waals surface area contributed by atoms with Crippen LogP contribution in [0, 0.1) is 0 Å². The Kier molecular flexibility index (Phi) is 8.62. The summed E-state index contributed by atoms with van der Waals surface area (Å²) in [6.45, 7) is 4.44. The smallest absolute Gasteiger partial charge is 0.448 e. The quantitative estimate of drug-likeness (QED) is 0.204. The third-order valence-corrected chi connectivity index (χ3v) is 6.51. The lowest BCUT2D eigenvalue weighted by Gasteiger charge is -2.36. The summed E-state index contributed by atoms with van der Waals surface area (Å²) in [6.07, 6.45) is -4.45. The van der Waals surface area contributed by atoms with Crippen LogP contribution in [0.4, 0.5) is 18.9 Å². The van der Waals surface area contributed by atoms with Gasteiger partial charge in [-0.1, -0.05) is 12.1 Å². The van der Waals surface area contributed by atoms with Crippen LogP contribution in [0.15, 0.2) is 41.5 Å². The number of para-hydroxylation sites is 2. The first-order valence-corrected chi connectivity index (χ1v) is 11.7. The van der Waals surface area contributed by atoms with Crippen molar-refractivity contribution in [1.29, 1.82) is 0 Å². The summed E-state index contributed by atoms with van der Waals surface area (Å²) in [5, 5.41) is 22.9. The third-order valence-electron chi connectivity index (χ3n) is 5.53. The number of nitrogens with one attached hydrogen (secondary N) is 1. The predicted octanol–water partition coefficient (Wildman–Crippen LogP) is 3.59. The second-order valence-electron chi connectivity index (χ2n) is 7.83. The fraction of sp³-hybridized carbons (Fsp3) is 0.391.